The molecule has 0 saturated carbocycles. The molecule has 0 aromatic rings. The summed E-state index contributed by atoms with van der Waals surface area (Å²) in [6, 6.07) is 0. The monoisotopic (exact) mass is 171 g/mol. The van der Waals surface area contributed by atoms with Crippen molar-refractivity contribution in [1.82, 2.24) is 5.32 Å². The van der Waals surface area contributed by atoms with Crippen LogP contribution in [0.3, 0.4) is 0 Å². The first-order chi connectivity index (χ1) is 5.74. The third-order valence-electron chi connectivity index (χ3n) is 2.07. The van der Waals surface area contributed by atoms with Crippen molar-refractivity contribution in [2.45, 2.75) is 45.3 Å². The Kier molecular flexibility index (Phi) is 3.53. The topological polar surface area (TPSA) is 38.3 Å². The SMILES string of the molecule is CCCNC(=O)C1CCC(C)O1. The van der Waals surface area contributed by atoms with Crippen LogP contribution >= 0.6 is 0 Å². The minimum absolute atomic E-state index is 0.0567. The lowest BCUT2D eigenvalue weighted by molar-refractivity contribution is -0.131. The quantitative estimate of drug-likeness (QED) is 0.690. The van der Waals surface area contributed by atoms with Gasteiger partial charge >= 0.3 is 0 Å². The number of nitrogens with one attached hydrogen (secondary N) is 1. The van der Waals surface area contributed by atoms with Gasteiger partial charge in [0.1, 0.15) is 6.10 Å². The summed E-state index contributed by atoms with van der Waals surface area (Å²) in [5.41, 5.74) is 0. The highest BCUT2D eigenvalue weighted by molar-refractivity contribution is 5.80. The van der Waals surface area contributed by atoms with Crippen LogP contribution in [0.4, 0.5) is 0 Å². The van der Waals surface area contributed by atoms with Crippen LogP contribution in [0, 0.1) is 0 Å². The fourth-order valence-corrected chi connectivity index (χ4v) is 1.36. The van der Waals surface area contributed by atoms with Crippen LogP contribution in [-0.2, 0) is 9.53 Å². The molecule has 1 N–H and O–H groups in total. The number of carbonyl (C=O) groups is 1. The Hall–Kier alpha value is -0.570. The number of hydrogen-bond donors (Lipinski definition) is 1. The Morgan fingerprint density at radius 3 is 2.83 bits per heavy atom. The fraction of sp³-hybridized carbons (Fsp3) is 0.889. The van der Waals surface area contributed by atoms with Gasteiger partial charge in [0.2, 0.25) is 5.91 Å². The van der Waals surface area contributed by atoms with Crippen LogP contribution in [0.1, 0.15) is 33.1 Å². The first kappa shape index (κ1) is 9.52. The molecule has 12 heavy (non-hydrogen) atoms. The van der Waals surface area contributed by atoms with E-state index in [1.165, 1.54) is 0 Å². The van der Waals surface area contributed by atoms with Crippen molar-refractivity contribution >= 4 is 5.91 Å². The van der Waals surface area contributed by atoms with E-state index in [2.05, 4.69) is 5.32 Å². The van der Waals surface area contributed by atoms with Crippen molar-refractivity contribution in [3.8, 4) is 0 Å². The number of rotatable bonds is 3. The van der Waals surface area contributed by atoms with Crippen LogP contribution in [0.2, 0.25) is 0 Å². The molecule has 1 rings (SSSR count). The molecule has 0 spiro atoms. The maximum atomic E-state index is 11.3. The van der Waals surface area contributed by atoms with E-state index in [-0.39, 0.29) is 18.1 Å². The van der Waals surface area contributed by atoms with Crippen molar-refractivity contribution in [1.29, 1.82) is 0 Å². The molecule has 3 nitrogen and oxygen atoms in total. The molecule has 1 fully saturated rings. The van der Waals surface area contributed by atoms with Gasteiger partial charge in [0.15, 0.2) is 0 Å². The smallest absolute Gasteiger partial charge is 0.249 e. The van der Waals surface area contributed by atoms with Crippen LogP contribution < -0.4 is 5.32 Å². The zero-order valence-corrected chi connectivity index (χ0v) is 7.80. The molecule has 0 bridgehead atoms. The summed E-state index contributed by atoms with van der Waals surface area (Å²) >= 11 is 0. The van der Waals surface area contributed by atoms with Gasteiger partial charge in [0.05, 0.1) is 6.10 Å². The van der Waals surface area contributed by atoms with Crippen LogP contribution in [0.25, 0.3) is 0 Å². The van der Waals surface area contributed by atoms with Crippen molar-refractivity contribution < 1.29 is 9.53 Å². The second-order valence-corrected chi connectivity index (χ2v) is 3.30. The molecule has 0 aromatic carbocycles. The van der Waals surface area contributed by atoms with Crippen LogP contribution in [0.5, 0.6) is 0 Å². The molecule has 1 aliphatic rings. The van der Waals surface area contributed by atoms with Gasteiger partial charge in [-0.1, -0.05) is 6.92 Å². The van der Waals surface area contributed by atoms with Crippen molar-refractivity contribution in [3.63, 3.8) is 0 Å². The molecule has 70 valence electrons. The molecule has 2 atom stereocenters. The third kappa shape index (κ3) is 2.48. The third-order valence-corrected chi connectivity index (χ3v) is 2.07. The van der Waals surface area contributed by atoms with E-state index in [1.54, 1.807) is 0 Å². The van der Waals surface area contributed by atoms with Gasteiger partial charge in [0.25, 0.3) is 0 Å². The summed E-state index contributed by atoms with van der Waals surface area (Å²) in [5.74, 6) is 0.0567. The summed E-state index contributed by atoms with van der Waals surface area (Å²) in [7, 11) is 0. The van der Waals surface area contributed by atoms with Gasteiger partial charge in [-0.05, 0) is 26.2 Å². The summed E-state index contributed by atoms with van der Waals surface area (Å²) in [5, 5.41) is 2.83. The van der Waals surface area contributed by atoms with Crippen LogP contribution in [-0.4, -0.2) is 24.7 Å². The second-order valence-electron chi connectivity index (χ2n) is 3.30. The fourth-order valence-electron chi connectivity index (χ4n) is 1.36. The van der Waals surface area contributed by atoms with Crippen LogP contribution in [0.15, 0.2) is 0 Å². The summed E-state index contributed by atoms with van der Waals surface area (Å²) < 4.78 is 5.41. The zero-order chi connectivity index (χ0) is 8.97. The molecular weight excluding hydrogens is 154 g/mol. The van der Waals surface area contributed by atoms with Gasteiger partial charge in [-0.15, -0.1) is 0 Å². The van der Waals surface area contributed by atoms with Gasteiger partial charge in [0, 0.05) is 6.54 Å². The largest absolute Gasteiger partial charge is 0.365 e. The number of hydrogen-bond acceptors (Lipinski definition) is 2. The molecular formula is C9H17NO2. The maximum Gasteiger partial charge on any atom is 0.249 e. The molecule has 1 heterocycles. The highest BCUT2D eigenvalue weighted by Gasteiger charge is 2.27. The summed E-state index contributed by atoms with van der Waals surface area (Å²) in [6.07, 6.45) is 2.92. The van der Waals surface area contributed by atoms with E-state index >= 15 is 0 Å². The minimum atomic E-state index is -0.188. The number of carbonyl (C=O) groups excluding carboxylic acids is 1. The number of amides is 1. The van der Waals surface area contributed by atoms with E-state index < -0.39 is 0 Å². The molecule has 1 aliphatic heterocycles. The first-order valence-electron chi connectivity index (χ1n) is 4.67. The van der Waals surface area contributed by atoms with Gasteiger partial charge in [-0.2, -0.15) is 0 Å². The molecule has 0 aromatic heterocycles. The lowest BCUT2D eigenvalue weighted by Gasteiger charge is -2.10. The Morgan fingerprint density at radius 2 is 2.33 bits per heavy atom. The summed E-state index contributed by atoms with van der Waals surface area (Å²) in [4.78, 5) is 11.3. The average Bonchev–Trinajstić information content (AvgIpc) is 2.47. The molecule has 3 heteroatoms. The zero-order valence-electron chi connectivity index (χ0n) is 7.80. The Labute approximate surface area is 73.5 Å². The van der Waals surface area contributed by atoms with Crippen molar-refractivity contribution in [2.75, 3.05) is 6.54 Å². The van der Waals surface area contributed by atoms with Gasteiger partial charge < -0.3 is 10.1 Å². The Balaban J connectivity index is 2.23. The Morgan fingerprint density at radius 1 is 1.58 bits per heavy atom. The normalized spacial score (nSPS) is 28.8. The van der Waals surface area contributed by atoms with Crippen molar-refractivity contribution in [2.24, 2.45) is 0 Å². The standard InChI is InChI=1S/C9H17NO2/c1-3-6-10-9(11)8-5-4-7(2)12-8/h7-8H,3-6H2,1-2H3,(H,10,11). The van der Waals surface area contributed by atoms with Crippen molar-refractivity contribution in [3.05, 3.63) is 0 Å². The van der Waals surface area contributed by atoms with E-state index in [9.17, 15) is 4.79 Å². The molecule has 2 unspecified atom stereocenters. The molecule has 1 amide bonds. The van der Waals surface area contributed by atoms with E-state index in [0.29, 0.717) is 0 Å². The highest BCUT2D eigenvalue weighted by atomic mass is 16.5. The van der Waals surface area contributed by atoms with E-state index in [4.69, 9.17) is 4.74 Å². The summed E-state index contributed by atoms with van der Waals surface area (Å²) in [6.45, 7) is 4.80. The average molecular weight is 171 g/mol. The highest BCUT2D eigenvalue weighted by Crippen LogP contribution is 2.18. The predicted molar refractivity (Wildman–Crippen MR) is 46.9 cm³/mol. The lowest BCUT2D eigenvalue weighted by Crippen LogP contribution is -2.34. The maximum absolute atomic E-state index is 11.3. The second kappa shape index (κ2) is 4.45. The predicted octanol–water partition coefficient (Wildman–Crippen LogP) is 1.08. The van der Waals surface area contributed by atoms with Gasteiger partial charge in [-0.3, -0.25) is 4.79 Å². The first-order valence-corrected chi connectivity index (χ1v) is 4.67. The molecule has 0 aliphatic carbocycles. The van der Waals surface area contributed by atoms with Gasteiger partial charge in [-0.25, -0.2) is 0 Å². The Bertz CT molecular complexity index is 159. The van der Waals surface area contributed by atoms with E-state index in [0.717, 1.165) is 25.8 Å². The van der Waals surface area contributed by atoms with E-state index in [1.807, 2.05) is 13.8 Å². The lowest BCUT2D eigenvalue weighted by atomic mass is 10.2. The minimum Gasteiger partial charge on any atom is -0.365 e. The molecule has 0 radical (unpaired) electrons. The number of ether oxygens (including phenoxy) is 1. The molecule has 1 saturated heterocycles.